The van der Waals surface area contributed by atoms with Crippen LogP contribution in [0.25, 0.3) is 10.8 Å². The second-order valence-corrected chi connectivity index (χ2v) is 8.29. The van der Waals surface area contributed by atoms with Crippen LogP contribution in [0.3, 0.4) is 0 Å². The van der Waals surface area contributed by atoms with E-state index in [1.165, 1.54) is 11.8 Å². The van der Waals surface area contributed by atoms with Crippen LogP contribution in [0.1, 0.15) is 5.82 Å². The topological polar surface area (TPSA) is 69.0 Å². The standard InChI is InChI=1S/C24H21ClN4O2S/c1-2-13-29-22(15-31-21-12-5-8-17-7-3-4-11-20(17)21)27-28-24(29)32-16-23(30)26-19-10-6-9-18(25)14-19/h2-12,14H,1,13,15-16H2,(H,26,30). The van der Waals surface area contributed by atoms with E-state index in [9.17, 15) is 4.79 Å². The molecule has 0 saturated heterocycles. The van der Waals surface area contributed by atoms with Crippen molar-refractivity contribution in [1.82, 2.24) is 14.8 Å². The quantitative estimate of drug-likeness (QED) is 0.258. The van der Waals surface area contributed by atoms with Crippen molar-refractivity contribution in [2.75, 3.05) is 11.1 Å². The summed E-state index contributed by atoms with van der Waals surface area (Å²) in [6, 6.07) is 21.0. The molecule has 162 valence electrons. The van der Waals surface area contributed by atoms with Crippen LogP contribution >= 0.6 is 23.4 Å². The molecule has 6 nitrogen and oxygen atoms in total. The van der Waals surface area contributed by atoms with Gasteiger partial charge in [-0.15, -0.1) is 16.8 Å². The lowest BCUT2D eigenvalue weighted by Gasteiger charge is -2.11. The molecule has 0 spiro atoms. The molecular weight excluding hydrogens is 444 g/mol. The van der Waals surface area contributed by atoms with Crippen LogP contribution in [0.15, 0.2) is 84.5 Å². The Morgan fingerprint density at radius 2 is 1.94 bits per heavy atom. The van der Waals surface area contributed by atoms with Crippen LogP contribution in [0, 0.1) is 0 Å². The zero-order chi connectivity index (χ0) is 22.3. The highest BCUT2D eigenvalue weighted by molar-refractivity contribution is 7.99. The Hall–Kier alpha value is -3.29. The fourth-order valence-electron chi connectivity index (χ4n) is 3.20. The van der Waals surface area contributed by atoms with Crippen molar-refractivity contribution >= 4 is 45.7 Å². The first-order valence-corrected chi connectivity index (χ1v) is 11.3. The lowest BCUT2D eigenvalue weighted by Crippen LogP contribution is -2.15. The summed E-state index contributed by atoms with van der Waals surface area (Å²) in [6.45, 7) is 4.59. The Morgan fingerprint density at radius 3 is 2.78 bits per heavy atom. The number of carbonyl (C=O) groups is 1. The number of fused-ring (bicyclic) bond motifs is 1. The van der Waals surface area contributed by atoms with E-state index < -0.39 is 0 Å². The van der Waals surface area contributed by atoms with Gasteiger partial charge in [-0.1, -0.05) is 71.9 Å². The lowest BCUT2D eigenvalue weighted by atomic mass is 10.1. The van der Waals surface area contributed by atoms with Gasteiger partial charge in [0.05, 0.1) is 5.75 Å². The van der Waals surface area contributed by atoms with Crippen molar-refractivity contribution in [3.8, 4) is 5.75 Å². The number of benzene rings is 3. The van der Waals surface area contributed by atoms with Crippen molar-refractivity contribution in [1.29, 1.82) is 0 Å². The van der Waals surface area contributed by atoms with Crippen LogP contribution < -0.4 is 10.1 Å². The van der Waals surface area contributed by atoms with Gasteiger partial charge < -0.3 is 10.1 Å². The molecule has 4 rings (SSSR count). The van der Waals surface area contributed by atoms with Crippen molar-refractivity contribution in [2.45, 2.75) is 18.3 Å². The number of hydrogen-bond donors (Lipinski definition) is 1. The highest BCUT2D eigenvalue weighted by Gasteiger charge is 2.15. The van der Waals surface area contributed by atoms with Gasteiger partial charge in [-0.3, -0.25) is 9.36 Å². The minimum Gasteiger partial charge on any atom is -0.485 e. The van der Waals surface area contributed by atoms with Gasteiger partial charge in [0.25, 0.3) is 0 Å². The first-order valence-electron chi connectivity index (χ1n) is 9.96. The number of hydrogen-bond acceptors (Lipinski definition) is 5. The minimum atomic E-state index is -0.154. The van der Waals surface area contributed by atoms with Crippen LogP contribution in [0.2, 0.25) is 5.02 Å². The molecule has 0 radical (unpaired) electrons. The number of anilines is 1. The summed E-state index contributed by atoms with van der Waals surface area (Å²) in [6.07, 6.45) is 1.76. The van der Waals surface area contributed by atoms with Gasteiger partial charge in [-0.05, 0) is 29.7 Å². The Balaban J connectivity index is 1.42. The molecule has 0 aliphatic carbocycles. The highest BCUT2D eigenvalue weighted by atomic mass is 35.5. The maximum absolute atomic E-state index is 12.3. The number of aromatic nitrogens is 3. The summed E-state index contributed by atoms with van der Waals surface area (Å²) in [5.74, 6) is 1.48. The molecule has 1 amide bonds. The smallest absolute Gasteiger partial charge is 0.234 e. The first-order chi connectivity index (χ1) is 15.6. The maximum Gasteiger partial charge on any atom is 0.234 e. The molecule has 8 heteroatoms. The summed E-state index contributed by atoms with van der Waals surface area (Å²) < 4.78 is 7.96. The Labute approximate surface area is 195 Å². The number of rotatable bonds is 9. The third-order valence-corrected chi connectivity index (χ3v) is 5.85. The average molecular weight is 465 g/mol. The van der Waals surface area contributed by atoms with Gasteiger partial charge in [-0.2, -0.15) is 0 Å². The van der Waals surface area contributed by atoms with Crippen molar-refractivity contribution in [2.24, 2.45) is 0 Å². The number of amides is 1. The molecule has 0 aliphatic heterocycles. The van der Waals surface area contributed by atoms with Crippen molar-refractivity contribution in [3.63, 3.8) is 0 Å². The molecule has 32 heavy (non-hydrogen) atoms. The number of nitrogens with zero attached hydrogens (tertiary/aromatic N) is 3. The highest BCUT2D eigenvalue weighted by Crippen LogP contribution is 2.26. The van der Waals surface area contributed by atoms with Crippen LogP contribution in [0.4, 0.5) is 5.69 Å². The molecule has 0 atom stereocenters. The van der Waals surface area contributed by atoms with E-state index >= 15 is 0 Å². The molecule has 1 N–H and O–H groups in total. The molecule has 3 aromatic carbocycles. The van der Waals surface area contributed by atoms with E-state index in [-0.39, 0.29) is 18.3 Å². The van der Waals surface area contributed by atoms with Crippen LogP contribution in [-0.2, 0) is 17.9 Å². The van der Waals surface area contributed by atoms with E-state index in [0.29, 0.717) is 28.2 Å². The first kappa shape index (κ1) is 21.9. The fraction of sp³-hybridized carbons (Fsp3) is 0.125. The molecule has 1 heterocycles. The van der Waals surface area contributed by atoms with Gasteiger partial charge in [0.2, 0.25) is 5.91 Å². The Kier molecular flexibility index (Phi) is 7.09. The number of nitrogens with one attached hydrogen (secondary N) is 1. The van der Waals surface area contributed by atoms with E-state index in [2.05, 4.69) is 22.1 Å². The molecule has 1 aromatic heterocycles. The summed E-state index contributed by atoms with van der Waals surface area (Å²) >= 11 is 7.27. The Morgan fingerprint density at radius 1 is 1.12 bits per heavy atom. The van der Waals surface area contributed by atoms with Gasteiger partial charge >= 0.3 is 0 Å². The van der Waals surface area contributed by atoms with E-state index in [1.54, 1.807) is 30.3 Å². The van der Waals surface area contributed by atoms with E-state index in [0.717, 1.165) is 16.5 Å². The van der Waals surface area contributed by atoms with Gasteiger partial charge in [0, 0.05) is 22.6 Å². The number of carbonyl (C=O) groups excluding carboxylic acids is 1. The van der Waals surface area contributed by atoms with Gasteiger partial charge in [-0.25, -0.2) is 0 Å². The molecular formula is C24H21ClN4O2S. The molecule has 0 unspecified atom stereocenters. The summed E-state index contributed by atoms with van der Waals surface area (Å²) in [4.78, 5) is 12.3. The van der Waals surface area contributed by atoms with Crippen LogP contribution in [-0.4, -0.2) is 26.4 Å². The maximum atomic E-state index is 12.3. The van der Waals surface area contributed by atoms with Gasteiger partial charge in [0.1, 0.15) is 12.4 Å². The second-order valence-electron chi connectivity index (χ2n) is 6.91. The summed E-state index contributed by atoms with van der Waals surface area (Å²) in [5.41, 5.74) is 0.653. The van der Waals surface area contributed by atoms with Crippen molar-refractivity contribution in [3.05, 3.63) is 90.2 Å². The summed E-state index contributed by atoms with van der Waals surface area (Å²) in [5, 5.41) is 14.7. The molecule has 0 aliphatic rings. The number of ether oxygens (including phenoxy) is 1. The lowest BCUT2D eigenvalue weighted by molar-refractivity contribution is -0.113. The predicted octanol–water partition coefficient (Wildman–Crippen LogP) is 5.58. The van der Waals surface area contributed by atoms with E-state index in [4.69, 9.17) is 16.3 Å². The molecule has 0 bridgehead atoms. The monoisotopic (exact) mass is 464 g/mol. The zero-order valence-electron chi connectivity index (χ0n) is 17.2. The second kappa shape index (κ2) is 10.3. The molecule has 0 fully saturated rings. The average Bonchev–Trinajstić information content (AvgIpc) is 3.18. The molecule has 4 aromatic rings. The fourth-order valence-corrected chi connectivity index (χ4v) is 4.16. The number of halogens is 1. The third kappa shape index (κ3) is 5.30. The normalized spacial score (nSPS) is 10.8. The van der Waals surface area contributed by atoms with Crippen LogP contribution in [0.5, 0.6) is 5.75 Å². The van der Waals surface area contributed by atoms with Crippen molar-refractivity contribution < 1.29 is 9.53 Å². The summed E-state index contributed by atoms with van der Waals surface area (Å²) in [7, 11) is 0. The number of allylic oxidation sites excluding steroid dienone is 1. The predicted molar refractivity (Wildman–Crippen MR) is 129 cm³/mol. The Bertz CT molecular complexity index is 1250. The molecule has 0 saturated carbocycles. The SMILES string of the molecule is C=CCn1c(COc2cccc3ccccc23)nnc1SCC(=O)Nc1cccc(Cl)c1. The zero-order valence-corrected chi connectivity index (χ0v) is 18.8. The minimum absolute atomic E-state index is 0.154. The largest absolute Gasteiger partial charge is 0.485 e. The van der Waals surface area contributed by atoms with Gasteiger partial charge in [0.15, 0.2) is 11.0 Å². The number of thioether (sulfide) groups is 1. The van der Waals surface area contributed by atoms with E-state index in [1.807, 2.05) is 47.0 Å². The third-order valence-electron chi connectivity index (χ3n) is 4.65.